The monoisotopic (exact) mass is 334 g/mol. The Morgan fingerprint density at radius 3 is 2.50 bits per heavy atom. The summed E-state index contributed by atoms with van der Waals surface area (Å²) in [6, 6.07) is 4.09. The average molecular weight is 334 g/mol. The standard InChI is InChI=1S/C18H26N2O4/c1-13-15-11-17(23-3)16(22-2)10-14(15)4-5-20(13)18(21)12-19-6-8-24-9-7-19/h10-11,13H,4-9,12H2,1-3H3/t13-/m1/s1. The molecule has 1 aromatic carbocycles. The van der Waals surface area contributed by atoms with E-state index in [-0.39, 0.29) is 11.9 Å². The highest BCUT2D eigenvalue weighted by atomic mass is 16.5. The quantitative estimate of drug-likeness (QED) is 0.835. The molecule has 2 aliphatic rings. The minimum atomic E-state index is 0.0436. The number of carbonyl (C=O) groups excluding carboxylic acids is 1. The van der Waals surface area contributed by atoms with Crippen molar-refractivity contribution in [2.24, 2.45) is 0 Å². The number of benzene rings is 1. The lowest BCUT2D eigenvalue weighted by Crippen LogP contribution is -2.47. The first kappa shape index (κ1) is 17.0. The van der Waals surface area contributed by atoms with Crippen molar-refractivity contribution < 1.29 is 19.0 Å². The first-order valence-corrected chi connectivity index (χ1v) is 8.48. The third kappa shape index (κ3) is 3.35. The molecule has 1 saturated heterocycles. The third-order valence-electron chi connectivity index (χ3n) is 4.97. The Kier molecular flexibility index (Phi) is 5.26. The molecule has 0 saturated carbocycles. The maximum atomic E-state index is 12.8. The van der Waals surface area contributed by atoms with E-state index in [4.69, 9.17) is 14.2 Å². The molecule has 6 nitrogen and oxygen atoms in total. The first-order valence-electron chi connectivity index (χ1n) is 8.48. The highest BCUT2D eigenvalue weighted by Crippen LogP contribution is 2.37. The zero-order valence-electron chi connectivity index (χ0n) is 14.7. The summed E-state index contributed by atoms with van der Waals surface area (Å²) in [6.07, 6.45) is 0.842. The summed E-state index contributed by atoms with van der Waals surface area (Å²) >= 11 is 0. The number of fused-ring (bicyclic) bond motifs is 1. The fourth-order valence-corrected chi connectivity index (χ4v) is 3.53. The van der Waals surface area contributed by atoms with E-state index in [2.05, 4.69) is 11.8 Å². The van der Waals surface area contributed by atoms with Crippen LogP contribution in [0.5, 0.6) is 11.5 Å². The van der Waals surface area contributed by atoms with Crippen molar-refractivity contribution in [2.75, 3.05) is 53.6 Å². The second-order valence-electron chi connectivity index (χ2n) is 6.31. The molecule has 2 aliphatic heterocycles. The van der Waals surface area contributed by atoms with Gasteiger partial charge in [-0.3, -0.25) is 9.69 Å². The smallest absolute Gasteiger partial charge is 0.237 e. The van der Waals surface area contributed by atoms with Crippen LogP contribution in [0.2, 0.25) is 0 Å². The van der Waals surface area contributed by atoms with Crippen LogP contribution >= 0.6 is 0 Å². The third-order valence-corrected chi connectivity index (χ3v) is 4.97. The zero-order valence-corrected chi connectivity index (χ0v) is 14.7. The molecule has 3 rings (SSSR count). The number of morpholine rings is 1. The van der Waals surface area contributed by atoms with Crippen LogP contribution in [0.4, 0.5) is 0 Å². The van der Waals surface area contributed by atoms with Crippen molar-refractivity contribution >= 4 is 5.91 Å². The summed E-state index contributed by atoms with van der Waals surface area (Å²) in [5.74, 6) is 1.65. The molecule has 0 radical (unpaired) electrons. The van der Waals surface area contributed by atoms with E-state index >= 15 is 0 Å². The molecule has 0 aliphatic carbocycles. The number of methoxy groups -OCH3 is 2. The van der Waals surface area contributed by atoms with E-state index in [0.29, 0.717) is 25.5 Å². The molecule has 0 unspecified atom stereocenters. The number of amides is 1. The predicted molar refractivity (Wildman–Crippen MR) is 90.6 cm³/mol. The molecule has 1 aromatic rings. The van der Waals surface area contributed by atoms with Crippen molar-refractivity contribution in [1.29, 1.82) is 0 Å². The number of rotatable bonds is 4. The van der Waals surface area contributed by atoms with E-state index < -0.39 is 0 Å². The van der Waals surface area contributed by atoms with Gasteiger partial charge in [0.1, 0.15) is 0 Å². The van der Waals surface area contributed by atoms with Gasteiger partial charge >= 0.3 is 0 Å². The summed E-state index contributed by atoms with van der Waals surface area (Å²) in [5.41, 5.74) is 2.38. The second-order valence-corrected chi connectivity index (χ2v) is 6.31. The molecule has 0 bridgehead atoms. The number of ether oxygens (including phenoxy) is 3. The SMILES string of the molecule is COc1cc2c(cc1OC)[C@@H](C)N(C(=O)CN1CCOCC1)CC2. The maximum Gasteiger partial charge on any atom is 0.237 e. The van der Waals surface area contributed by atoms with Crippen LogP contribution < -0.4 is 9.47 Å². The Labute approximate surface area is 143 Å². The molecule has 0 spiro atoms. The minimum Gasteiger partial charge on any atom is -0.493 e. The van der Waals surface area contributed by atoms with E-state index in [1.807, 2.05) is 17.0 Å². The van der Waals surface area contributed by atoms with Crippen LogP contribution in [0.3, 0.4) is 0 Å². The van der Waals surface area contributed by atoms with Crippen molar-refractivity contribution in [2.45, 2.75) is 19.4 Å². The van der Waals surface area contributed by atoms with E-state index in [1.54, 1.807) is 14.2 Å². The molecular formula is C18H26N2O4. The van der Waals surface area contributed by atoms with Crippen LogP contribution in [0.15, 0.2) is 12.1 Å². The van der Waals surface area contributed by atoms with Crippen molar-refractivity contribution in [3.8, 4) is 11.5 Å². The second kappa shape index (κ2) is 7.40. The highest BCUT2D eigenvalue weighted by Gasteiger charge is 2.30. The molecule has 1 amide bonds. The van der Waals surface area contributed by atoms with Gasteiger partial charge in [0.15, 0.2) is 11.5 Å². The van der Waals surface area contributed by atoms with Gasteiger partial charge in [0, 0.05) is 19.6 Å². The summed E-state index contributed by atoms with van der Waals surface area (Å²) in [6.45, 7) is 6.38. The first-order chi connectivity index (χ1) is 11.6. The Bertz CT molecular complexity index is 599. The Hall–Kier alpha value is -1.79. The van der Waals surface area contributed by atoms with Crippen LogP contribution in [-0.2, 0) is 16.0 Å². The molecule has 2 heterocycles. The van der Waals surface area contributed by atoms with Gasteiger partial charge in [-0.15, -0.1) is 0 Å². The summed E-state index contributed by atoms with van der Waals surface area (Å²) in [7, 11) is 3.29. The number of hydrogen-bond acceptors (Lipinski definition) is 5. The van der Waals surface area contributed by atoms with E-state index in [0.717, 1.165) is 37.4 Å². The van der Waals surface area contributed by atoms with Crippen LogP contribution in [0, 0.1) is 0 Å². The zero-order chi connectivity index (χ0) is 17.1. The number of carbonyl (C=O) groups is 1. The van der Waals surface area contributed by atoms with Gasteiger partial charge in [0.2, 0.25) is 5.91 Å². The van der Waals surface area contributed by atoms with E-state index in [9.17, 15) is 4.79 Å². The maximum absolute atomic E-state index is 12.8. The van der Waals surface area contributed by atoms with Crippen molar-refractivity contribution in [3.63, 3.8) is 0 Å². The largest absolute Gasteiger partial charge is 0.493 e. The normalized spacial score (nSPS) is 21.3. The Balaban J connectivity index is 1.75. The lowest BCUT2D eigenvalue weighted by atomic mass is 9.92. The van der Waals surface area contributed by atoms with Crippen LogP contribution in [0.25, 0.3) is 0 Å². The Morgan fingerprint density at radius 2 is 1.83 bits per heavy atom. The van der Waals surface area contributed by atoms with Crippen LogP contribution in [0.1, 0.15) is 24.1 Å². The van der Waals surface area contributed by atoms with Gasteiger partial charge < -0.3 is 19.1 Å². The minimum absolute atomic E-state index is 0.0436. The molecule has 0 N–H and O–H groups in total. The predicted octanol–water partition coefficient (Wildman–Crippen LogP) is 1.48. The molecule has 1 fully saturated rings. The summed E-state index contributed by atoms with van der Waals surface area (Å²) < 4.78 is 16.2. The van der Waals surface area contributed by atoms with Crippen LogP contribution in [-0.4, -0.2) is 69.3 Å². The fourth-order valence-electron chi connectivity index (χ4n) is 3.53. The van der Waals surface area contributed by atoms with Crippen molar-refractivity contribution in [3.05, 3.63) is 23.3 Å². The van der Waals surface area contributed by atoms with Gasteiger partial charge in [-0.25, -0.2) is 0 Å². The van der Waals surface area contributed by atoms with Gasteiger partial charge in [0.25, 0.3) is 0 Å². The Morgan fingerprint density at radius 1 is 1.17 bits per heavy atom. The van der Waals surface area contributed by atoms with Gasteiger partial charge in [-0.1, -0.05) is 0 Å². The van der Waals surface area contributed by atoms with Gasteiger partial charge in [-0.2, -0.15) is 0 Å². The average Bonchev–Trinajstić information content (AvgIpc) is 2.61. The van der Waals surface area contributed by atoms with Gasteiger partial charge in [-0.05, 0) is 36.6 Å². The molecular weight excluding hydrogens is 308 g/mol. The number of nitrogens with zero attached hydrogens (tertiary/aromatic N) is 2. The molecule has 6 heteroatoms. The van der Waals surface area contributed by atoms with E-state index in [1.165, 1.54) is 5.56 Å². The fraction of sp³-hybridized carbons (Fsp3) is 0.611. The van der Waals surface area contributed by atoms with Crippen molar-refractivity contribution in [1.82, 2.24) is 9.80 Å². The molecule has 1 atom stereocenters. The van der Waals surface area contributed by atoms with Gasteiger partial charge in [0.05, 0.1) is 40.0 Å². The lowest BCUT2D eigenvalue weighted by Gasteiger charge is -2.37. The summed E-state index contributed by atoms with van der Waals surface area (Å²) in [5, 5.41) is 0. The summed E-state index contributed by atoms with van der Waals surface area (Å²) in [4.78, 5) is 16.9. The lowest BCUT2D eigenvalue weighted by molar-refractivity contribution is -0.136. The molecule has 24 heavy (non-hydrogen) atoms. The molecule has 132 valence electrons. The molecule has 0 aromatic heterocycles. The number of hydrogen-bond donors (Lipinski definition) is 0. The topological polar surface area (TPSA) is 51.2 Å². The highest BCUT2D eigenvalue weighted by molar-refractivity contribution is 5.79.